The van der Waals surface area contributed by atoms with Gasteiger partial charge in [-0.1, -0.05) is 18.7 Å². The van der Waals surface area contributed by atoms with Gasteiger partial charge in [0.05, 0.1) is 63.2 Å². The van der Waals surface area contributed by atoms with Crippen molar-refractivity contribution in [2.45, 2.75) is 181 Å². The third kappa shape index (κ3) is 30.6. The van der Waals surface area contributed by atoms with Gasteiger partial charge in [0.1, 0.15) is 84.4 Å². The molecule has 98 heavy (non-hydrogen) atoms. The molecule has 0 aromatic carbocycles. The number of ether oxygens (including phenoxy) is 10. The van der Waals surface area contributed by atoms with Gasteiger partial charge in [0.2, 0.25) is 0 Å². The maximum atomic E-state index is 12.1. The molecule has 0 spiro atoms. The maximum Gasteiger partial charge on any atom is 0.410 e. The second kappa shape index (κ2) is 39.6. The van der Waals surface area contributed by atoms with Crippen LogP contribution in [0.3, 0.4) is 0 Å². The van der Waals surface area contributed by atoms with E-state index in [1.54, 1.807) is 87.4 Å². The molecule has 0 radical (unpaired) electrons. The van der Waals surface area contributed by atoms with Gasteiger partial charge in [-0.05, 0) is 168 Å². The summed E-state index contributed by atoms with van der Waals surface area (Å²) in [5.41, 5.74) is 1.63. The predicted octanol–water partition coefficient (Wildman–Crippen LogP) is 10.7. The first-order chi connectivity index (χ1) is 46.3. The van der Waals surface area contributed by atoms with E-state index in [0.29, 0.717) is 82.6 Å². The van der Waals surface area contributed by atoms with Crippen LogP contribution in [0.25, 0.3) is 0 Å². The Kier molecular flexibility index (Phi) is 32.6. The molecule has 0 aliphatic carbocycles. The molecule has 4 atom stereocenters. The number of allylic oxidation sites excluding steroid dienone is 2. The number of nitrogens with zero attached hydrogens (tertiary/aromatic N) is 8. The molecule has 0 bridgehead atoms. The van der Waals surface area contributed by atoms with Gasteiger partial charge in [-0.15, -0.1) is 6.58 Å². The number of hydrogen-bond donors (Lipinski definition) is 0. The zero-order valence-electron chi connectivity index (χ0n) is 59.4. The fourth-order valence-corrected chi connectivity index (χ4v) is 8.89. The second-order valence-electron chi connectivity index (χ2n) is 26.9. The number of amides is 4. The van der Waals surface area contributed by atoms with Crippen LogP contribution in [0, 0.1) is 0 Å². The first-order valence-corrected chi connectivity index (χ1v) is 32.4. The molecule has 4 aromatic heterocycles. The van der Waals surface area contributed by atoms with Crippen molar-refractivity contribution in [1.82, 2.24) is 39.5 Å². The van der Waals surface area contributed by atoms with Crippen LogP contribution in [0.4, 0.5) is 19.2 Å². The van der Waals surface area contributed by atoms with Gasteiger partial charge in [0, 0.05) is 76.0 Å². The van der Waals surface area contributed by atoms with Crippen molar-refractivity contribution in [2.24, 2.45) is 0 Å². The average Bonchev–Trinajstić information content (AvgIpc) is 0.840. The number of pyridine rings is 4. The van der Waals surface area contributed by atoms with Crippen molar-refractivity contribution in [2.75, 3.05) is 66.8 Å². The van der Waals surface area contributed by atoms with E-state index in [-0.39, 0.29) is 48.5 Å². The Morgan fingerprint density at radius 1 is 0.418 bits per heavy atom. The summed E-state index contributed by atoms with van der Waals surface area (Å²) in [4.78, 5) is 113. The van der Waals surface area contributed by atoms with Gasteiger partial charge in [0.25, 0.3) is 0 Å². The molecule has 4 aromatic rings. The summed E-state index contributed by atoms with van der Waals surface area (Å²) in [6.45, 7) is 33.5. The molecular formula is C72H100N8O18. The van der Waals surface area contributed by atoms with Crippen LogP contribution in [-0.2, 0) is 73.3 Å². The number of likely N-dealkylation sites (tertiary alicyclic amines) is 4. The zero-order valence-corrected chi connectivity index (χ0v) is 59.4. The third-order valence-corrected chi connectivity index (χ3v) is 14.1. The summed E-state index contributed by atoms with van der Waals surface area (Å²) in [5, 5.41) is 0. The Balaban J connectivity index is 0.000000270. The lowest BCUT2D eigenvalue weighted by atomic mass is 10.1. The van der Waals surface area contributed by atoms with Crippen LogP contribution in [-0.4, -0.2) is 202 Å². The molecule has 0 saturated carbocycles. The van der Waals surface area contributed by atoms with E-state index >= 15 is 0 Å². The Labute approximate surface area is 576 Å². The predicted molar refractivity (Wildman–Crippen MR) is 365 cm³/mol. The van der Waals surface area contributed by atoms with E-state index in [0.717, 1.165) is 85.3 Å². The molecule has 4 saturated heterocycles. The Hall–Kier alpha value is -9.62. The van der Waals surface area contributed by atoms with Gasteiger partial charge in [0.15, 0.2) is 0 Å². The van der Waals surface area contributed by atoms with Gasteiger partial charge in [-0.3, -0.25) is 19.9 Å². The maximum absolute atomic E-state index is 12.1. The number of hydrogen-bond acceptors (Lipinski definition) is 22. The van der Waals surface area contributed by atoms with Gasteiger partial charge in [-0.25, -0.2) is 28.8 Å². The van der Waals surface area contributed by atoms with E-state index in [2.05, 4.69) is 42.6 Å². The monoisotopic (exact) mass is 1360 g/mol. The number of carbonyl (C=O) groups is 8. The number of aldehydes is 2. The molecular weight excluding hydrogens is 1260 g/mol. The first-order valence-electron chi connectivity index (χ1n) is 32.4. The van der Waals surface area contributed by atoms with E-state index < -0.39 is 34.3 Å². The normalized spacial score (nSPS) is 16.8. The third-order valence-electron chi connectivity index (χ3n) is 14.1. The Bertz CT molecular complexity index is 3050. The summed E-state index contributed by atoms with van der Waals surface area (Å²) in [6, 6.07) is 7.51. The number of rotatable bonds is 22. The summed E-state index contributed by atoms with van der Waals surface area (Å²) in [5.74, 6) is 1.78. The van der Waals surface area contributed by atoms with Crippen LogP contribution in [0.5, 0.6) is 23.0 Å². The molecule has 4 amide bonds. The zero-order chi connectivity index (χ0) is 72.6. The lowest BCUT2D eigenvalue weighted by Gasteiger charge is -2.41. The van der Waals surface area contributed by atoms with Crippen molar-refractivity contribution in [3.63, 3.8) is 0 Å². The van der Waals surface area contributed by atoms with Crippen LogP contribution in [0.15, 0.2) is 111 Å². The van der Waals surface area contributed by atoms with Crippen LogP contribution >= 0.6 is 0 Å². The first kappa shape index (κ1) is 80.8. The van der Waals surface area contributed by atoms with E-state index in [9.17, 15) is 38.4 Å². The van der Waals surface area contributed by atoms with Crippen LogP contribution in [0.2, 0.25) is 0 Å². The summed E-state index contributed by atoms with van der Waals surface area (Å²) in [6.07, 6.45) is 25.3. The van der Waals surface area contributed by atoms with E-state index in [4.69, 9.17) is 37.9 Å². The molecule has 536 valence electrons. The minimum absolute atomic E-state index is 0.00715. The highest BCUT2D eigenvalue weighted by Crippen LogP contribution is 2.27. The smallest absolute Gasteiger partial charge is 0.410 e. The standard InChI is InChI=1S/C19H26N2O5.C17H24N2O3.2C16H22N2O4.C4H6O2/c1-19(2,3)26-18(23)21-9-8-15(21)13-25-16-10-14(11-20-12-16)6-5-7-17(22)24-4;1-5-6-13-9-15(11-18-10-13)21-12-14-7-8-19(14)16(20)22-17(2,3)4;2*1-16(2,3)22-15(20)18-6-4-13(18)11-21-14-8-12(5-7-19)9-17-10-14;1-3-4(5)6-2/h5,7,10-12,15H,6,8-9,13H2,1-4H3;5,9-11,14H,1,6-8,12H2,2-4H3;2*7-10,13H,4-6,11H2,1-3H3;3H,1H2,2H3/b7-5+;;;;/t15-;14-;2*13-;/m0000./s1. The quantitative estimate of drug-likeness (QED) is 0.0232. The van der Waals surface area contributed by atoms with Gasteiger partial charge in [-0.2, -0.15) is 0 Å². The lowest BCUT2D eigenvalue weighted by molar-refractivity contribution is -0.135. The van der Waals surface area contributed by atoms with Crippen molar-refractivity contribution >= 4 is 48.9 Å². The number of carbonyl (C=O) groups excluding carboxylic acids is 8. The van der Waals surface area contributed by atoms with E-state index in [1.807, 2.05) is 101 Å². The van der Waals surface area contributed by atoms with Crippen molar-refractivity contribution in [1.29, 1.82) is 0 Å². The molecule has 0 unspecified atom stereocenters. The molecule has 8 rings (SSSR count). The molecule has 26 nitrogen and oxygen atoms in total. The van der Waals surface area contributed by atoms with Crippen molar-refractivity contribution < 1.29 is 85.7 Å². The number of aromatic nitrogens is 4. The molecule has 4 aliphatic rings. The van der Waals surface area contributed by atoms with Gasteiger partial charge < -0.3 is 76.6 Å². The Morgan fingerprint density at radius 2 is 0.684 bits per heavy atom. The van der Waals surface area contributed by atoms with E-state index in [1.165, 1.54) is 20.3 Å². The highest BCUT2D eigenvalue weighted by Gasteiger charge is 2.39. The highest BCUT2D eigenvalue weighted by atomic mass is 16.6. The largest absolute Gasteiger partial charge is 0.490 e. The fraction of sp³-hybridized carbons (Fsp3) is 0.528. The average molecular weight is 1370 g/mol. The molecule has 0 N–H and O–H groups in total. The van der Waals surface area contributed by atoms with Crippen LogP contribution < -0.4 is 18.9 Å². The fourth-order valence-electron chi connectivity index (χ4n) is 8.89. The second-order valence-corrected chi connectivity index (χ2v) is 26.9. The number of esters is 2. The minimum Gasteiger partial charge on any atom is -0.490 e. The number of methoxy groups -OCH3 is 2. The Morgan fingerprint density at radius 3 is 0.888 bits per heavy atom. The van der Waals surface area contributed by atoms with Crippen molar-refractivity contribution in [3.8, 4) is 23.0 Å². The summed E-state index contributed by atoms with van der Waals surface area (Å²) < 4.78 is 53.1. The lowest BCUT2D eigenvalue weighted by Crippen LogP contribution is -2.55. The highest BCUT2D eigenvalue weighted by molar-refractivity contribution is 5.82. The molecule has 4 fully saturated rings. The topological polar surface area (TPSA) is 293 Å². The summed E-state index contributed by atoms with van der Waals surface area (Å²) >= 11 is 0. The minimum atomic E-state index is -0.506. The van der Waals surface area contributed by atoms with Crippen LogP contribution in [0.1, 0.15) is 131 Å². The van der Waals surface area contributed by atoms with Crippen molar-refractivity contribution in [3.05, 3.63) is 134 Å². The molecule has 8 heterocycles. The molecule has 4 aliphatic heterocycles. The van der Waals surface area contributed by atoms with Gasteiger partial charge >= 0.3 is 36.3 Å². The molecule has 26 heteroatoms. The summed E-state index contributed by atoms with van der Waals surface area (Å²) in [7, 11) is 2.65. The SMILES string of the molecule is C=CC(=O)OC.C=CCc1cncc(OC[C@@H]2CCN2C(=O)OC(C)(C)C)c1.CC(C)(C)OC(=O)N1CC[C@H]1COc1cncc(CC=O)c1.CC(C)(C)OC(=O)N1CC[C@H]1COc1cncc(CC=O)c1.COC(=O)/C=C/Cc1cncc(OC[C@@H]2CCN2C(=O)OC(C)(C)C)c1.